The number of hydrogen-bond donors (Lipinski definition) is 0. The van der Waals surface area contributed by atoms with Crippen molar-refractivity contribution in [3.63, 3.8) is 0 Å². The van der Waals surface area contributed by atoms with Gasteiger partial charge in [-0.3, -0.25) is 0 Å². The number of rotatable bonds is 2. The summed E-state index contributed by atoms with van der Waals surface area (Å²) in [5, 5.41) is 5.45. The van der Waals surface area contributed by atoms with Gasteiger partial charge in [0, 0.05) is 40.3 Å². The Labute approximate surface area is 206 Å². The van der Waals surface area contributed by atoms with Crippen LogP contribution < -0.4 is 0 Å². The molecule has 0 atom stereocenters. The number of benzene rings is 5. The van der Waals surface area contributed by atoms with E-state index in [1.54, 1.807) is 0 Å². The normalized spacial score (nSPS) is 11.8. The molecule has 0 nitrogen and oxygen atoms in total. The third-order valence-electron chi connectivity index (χ3n) is 6.83. The molecular weight excluding hydrogens is 448 g/mol. The summed E-state index contributed by atoms with van der Waals surface area (Å²) in [6.45, 7) is 4.27. The van der Waals surface area contributed by atoms with E-state index in [4.69, 9.17) is 0 Å². The zero-order valence-electron chi connectivity index (χ0n) is 19.1. The first-order chi connectivity index (χ1) is 16.6. The molecule has 7 aromatic rings. The van der Waals surface area contributed by atoms with Crippen molar-refractivity contribution in [1.82, 2.24) is 0 Å². The number of fused-ring (bicyclic) bond motifs is 6. The Kier molecular flexibility index (Phi) is 4.42. The minimum Gasteiger partial charge on any atom is -0.135 e. The maximum Gasteiger partial charge on any atom is 0.0362 e. The van der Waals surface area contributed by atoms with E-state index in [1.165, 1.54) is 73.7 Å². The molecule has 162 valence electrons. The van der Waals surface area contributed by atoms with Crippen LogP contribution in [0.5, 0.6) is 0 Å². The van der Waals surface area contributed by atoms with Crippen molar-refractivity contribution in [3.05, 3.63) is 108 Å². The summed E-state index contributed by atoms with van der Waals surface area (Å²) >= 11 is 3.81. The molecular formula is C32H22S2. The Balaban J connectivity index is 1.37. The van der Waals surface area contributed by atoms with Crippen LogP contribution in [-0.2, 0) is 0 Å². The van der Waals surface area contributed by atoms with Crippen molar-refractivity contribution in [2.75, 3.05) is 0 Å². The van der Waals surface area contributed by atoms with Gasteiger partial charge in [-0.25, -0.2) is 0 Å². The lowest BCUT2D eigenvalue weighted by Crippen LogP contribution is -1.78. The molecule has 0 radical (unpaired) electrons. The Morgan fingerprint density at radius 1 is 0.353 bits per heavy atom. The monoisotopic (exact) mass is 470 g/mol. The van der Waals surface area contributed by atoms with Crippen LogP contribution in [0.3, 0.4) is 0 Å². The summed E-state index contributed by atoms with van der Waals surface area (Å²) < 4.78 is 5.45. The Morgan fingerprint density at radius 3 is 1.12 bits per heavy atom. The molecule has 0 aliphatic heterocycles. The molecule has 2 heteroatoms. The van der Waals surface area contributed by atoms with Crippen LogP contribution in [0.4, 0.5) is 0 Å². The molecule has 34 heavy (non-hydrogen) atoms. The van der Waals surface area contributed by atoms with E-state index in [2.05, 4.69) is 111 Å². The van der Waals surface area contributed by atoms with Gasteiger partial charge in [0.05, 0.1) is 0 Å². The zero-order chi connectivity index (χ0) is 22.8. The molecule has 2 aromatic heterocycles. The summed E-state index contributed by atoms with van der Waals surface area (Å²) in [4.78, 5) is 0. The first-order valence-electron chi connectivity index (χ1n) is 11.6. The third kappa shape index (κ3) is 3.18. The first kappa shape index (κ1) is 20.0. The van der Waals surface area contributed by atoms with Gasteiger partial charge in [-0.15, -0.1) is 22.7 Å². The predicted octanol–water partition coefficient (Wildman–Crippen LogP) is 10.4. The van der Waals surface area contributed by atoms with Gasteiger partial charge in [-0.05, 0) is 60.4 Å². The molecule has 0 spiro atoms. The van der Waals surface area contributed by atoms with Crippen LogP contribution in [0.25, 0.3) is 62.6 Å². The van der Waals surface area contributed by atoms with Crippen LogP contribution in [0.1, 0.15) is 11.1 Å². The van der Waals surface area contributed by atoms with Gasteiger partial charge in [0.1, 0.15) is 0 Å². The van der Waals surface area contributed by atoms with Gasteiger partial charge in [0.15, 0.2) is 0 Å². The maximum atomic E-state index is 2.41. The summed E-state index contributed by atoms with van der Waals surface area (Å²) in [6.07, 6.45) is 0. The minimum atomic E-state index is 1.28. The maximum absolute atomic E-state index is 2.41. The fraction of sp³-hybridized carbons (Fsp3) is 0.0625. The highest BCUT2D eigenvalue weighted by atomic mass is 32.1. The fourth-order valence-corrected chi connectivity index (χ4v) is 7.23. The number of thiophene rings is 2. The third-order valence-corrected chi connectivity index (χ3v) is 9.07. The second-order valence-corrected chi connectivity index (χ2v) is 11.4. The van der Waals surface area contributed by atoms with Crippen LogP contribution >= 0.6 is 22.7 Å². The highest BCUT2D eigenvalue weighted by molar-refractivity contribution is 7.27. The number of aryl methyl sites for hydroxylation is 2. The average molecular weight is 471 g/mol. The van der Waals surface area contributed by atoms with Crippen molar-refractivity contribution in [2.45, 2.75) is 13.8 Å². The van der Waals surface area contributed by atoms with Gasteiger partial charge < -0.3 is 0 Å². The predicted molar refractivity (Wildman–Crippen MR) is 153 cm³/mol. The Morgan fingerprint density at radius 2 is 0.706 bits per heavy atom. The summed E-state index contributed by atoms with van der Waals surface area (Å²) in [5.74, 6) is 0. The lowest BCUT2D eigenvalue weighted by Gasteiger charge is -2.03. The zero-order valence-corrected chi connectivity index (χ0v) is 20.7. The molecule has 0 bridgehead atoms. The SMILES string of the molecule is Cc1ccc(-c2ccc3c(c2)sc2cc4c(cc23)sc2cc(-c3ccc(C)cc3)ccc24)cc1. The van der Waals surface area contributed by atoms with Crippen LogP contribution in [0.15, 0.2) is 97.1 Å². The standard InChI is InChI=1S/C32H22S2/c1-19-3-7-21(8-4-19)23-11-13-25-27-17-32-28(18-31(27)33-29(25)15-23)26-14-12-24(16-30(26)34-32)22-9-5-20(2)6-10-22/h3-18H,1-2H3. The van der Waals surface area contributed by atoms with E-state index in [0.29, 0.717) is 0 Å². The van der Waals surface area contributed by atoms with E-state index in [-0.39, 0.29) is 0 Å². The summed E-state index contributed by atoms with van der Waals surface area (Å²) in [6, 6.07) is 36.3. The van der Waals surface area contributed by atoms with E-state index >= 15 is 0 Å². The quantitative estimate of drug-likeness (QED) is 0.236. The molecule has 0 aliphatic carbocycles. The van der Waals surface area contributed by atoms with Gasteiger partial charge in [-0.2, -0.15) is 0 Å². The van der Waals surface area contributed by atoms with E-state index in [9.17, 15) is 0 Å². The minimum absolute atomic E-state index is 1.28. The van der Waals surface area contributed by atoms with Gasteiger partial charge in [0.25, 0.3) is 0 Å². The van der Waals surface area contributed by atoms with Crippen LogP contribution in [0, 0.1) is 13.8 Å². The van der Waals surface area contributed by atoms with Crippen molar-refractivity contribution < 1.29 is 0 Å². The molecule has 0 saturated carbocycles. The van der Waals surface area contributed by atoms with Crippen molar-refractivity contribution >= 4 is 63.0 Å². The first-order valence-corrected chi connectivity index (χ1v) is 13.2. The second-order valence-electron chi connectivity index (χ2n) is 9.20. The van der Waals surface area contributed by atoms with Crippen LogP contribution in [-0.4, -0.2) is 0 Å². The number of hydrogen-bond acceptors (Lipinski definition) is 2. The smallest absolute Gasteiger partial charge is 0.0362 e. The highest BCUT2D eigenvalue weighted by Crippen LogP contribution is 2.43. The lowest BCUT2D eigenvalue weighted by atomic mass is 10.0. The highest BCUT2D eigenvalue weighted by Gasteiger charge is 2.12. The molecule has 0 saturated heterocycles. The molecule has 0 amide bonds. The van der Waals surface area contributed by atoms with Crippen molar-refractivity contribution in [1.29, 1.82) is 0 Å². The topological polar surface area (TPSA) is 0 Å². The molecule has 0 N–H and O–H groups in total. The van der Waals surface area contributed by atoms with E-state index in [1.807, 2.05) is 22.7 Å². The molecule has 7 rings (SSSR count). The fourth-order valence-electron chi connectivity index (χ4n) is 4.90. The molecule has 0 unspecified atom stereocenters. The average Bonchev–Trinajstić information content (AvgIpc) is 3.39. The van der Waals surface area contributed by atoms with Crippen LogP contribution in [0.2, 0.25) is 0 Å². The Bertz CT molecular complexity index is 1710. The lowest BCUT2D eigenvalue weighted by molar-refractivity contribution is 1.47. The molecule has 0 fully saturated rings. The Hall–Kier alpha value is -3.46. The molecule has 5 aromatic carbocycles. The van der Waals surface area contributed by atoms with Crippen molar-refractivity contribution in [2.24, 2.45) is 0 Å². The largest absolute Gasteiger partial charge is 0.135 e. The van der Waals surface area contributed by atoms with E-state index in [0.717, 1.165) is 0 Å². The van der Waals surface area contributed by atoms with Gasteiger partial charge in [-0.1, -0.05) is 83.9 Å². The van der Waals surface area contributed by atoms with E-state index < -0.39 is 0 Å². The second kappa shape index (κ2) is 7.53. The molecule has 2 heterocycles. The van der Waals surface area contributed by atoms with Gasteiger partial charge >= 0.3 is 0 Å². The summed E-state index contributed by atoms with van der Waals surface area (Å²) in [5.41, 5.74) is 7.72. The summed E-state index contributed by atoms with van der Waals surface area (Å²) in [7, 11) is 0. The molecule has 0 aliphatic rings. The van der Waals surface area contributed by atoms with Crippen molar-refractivity contribution in [3.8, 4) is 22.3 Å². The van der Waals surface area contributed by atoms with Gasteiger partial charge in [0.2, 0.25) is 0 Å².